The van der Waals surface area contributed by atoms with E-state index in [-0.39, 0.29) is 11.7 Å². The number of halogens is 4. The van der Waals surface area contributed by atoms with Gasteiger partial charge in [-0.15, -0.1) is 0 Å². The Hall–Kier alpha value is -3.25. The average molecular weight is 540 g/mol. The normalized spacial score (nSPS) is 20.3. The van der Waals surface area contributed by atoms with Crippen molar-refractivity contribution in [3.63, 3.8) is 0 Å². The van der Waals surface area contributed by atoms with Crippen LogP contribution in [-0.2, 0) is 21.2 Å². The van der Waals surface area contributed by atoms with Crippen LogP contribution in [0.25, 0.3) is 11.1 Å². The first-order chi connectivity index (χ1) is 17.3. The summed E-state index contributed by atoms with van der Waals surface area (Å²) in [5.74, 6) is -3.08. The minimum Gasteiger partial charge on any atom is -0.475 e. The molecule has 0 radical (unpaired) electrons. The highest BCUT2D eigenvalue weighted by Crippen LogP contribution is 2.46. The summed E-state index contributed by atoms with van der Waals surface area (Å²) >= 11 is 0. The second-order valence-electron chi connectivity index (χ2n) is 9.37. The fraction of sp³-hybridized carbons (Fsp3) is 0.360. The Kier molecular flexibility index (Phi) is 7.17. The fourth-order valence-electron chi connectivity index (χ4n) is 4.68. The number of benzene rings is 2. The van der Waals surface area contributed by atoms with Crippen molar-refractivity contribution in [2.45, 2.75) is 48.7 Å². The summed E-state index contributed by atoms with van der Waals surface area (Å²) in [6.45, 7) is 6.09. The molecular weight excluding hydrogens is 514 g/mol. The maximum Gasteiger partial charge on any atom is 0.490 e. The van der Waals surface area contributed by atoms with Gasteiger partial charge < -0.3 is 5.11 Å². The molecule has 0 spiro atoms. The number of carbonyl (C=O) groups is 1. The Morgan fingerprint density at radius 3 is 2.30 bits per heavy atom. The van der Waals surface area contributed by atoms with Crippen LogP contribution in [0.1, 0.15) is 36.9 Å². The molecule has 3 heterocycles. The minimum absolute atomic E-state index is 0.0365. The first-order valence-corrected chi connectivity index (χ1v) is 13.0. The van der Waals surface area contributed by atoms with E-state index < -0.39 is 27.2 Å². The zero-order chi connectivity index (χ0) is 27.1. The zero-order valence-corrected chi connectivity index (χ0v) is 20.8. The Balaban J connectivity index is 0.000000405. The predicted octanol–water partition coefficient (Wildman–Crippen LogP) is 4.66. The topological polar surface area (TPSA) is 92.5 Å². The van der Waals surface area contributed by atoms with E-state index in [9.17, 15) is 26.0 Å². The van der Waals surface area contributed by atoms with E-state index in [1.165, 1.54) is 12.1 Å². The molecule has 1 saturated heterocycles. The van der Waals surface area contributed by atoms with E-state index in [0.29, 0.717) is 30.6 Å². The van der Waals surface area contributed by atoms with Gasteiger partial charge in [0.15, 0.2) is 9.84 Å². The number of sulfone groups is 1. The number of carboxylic acids is 1. The van der Waals surface area contributed by atoms with Crippen LogP contribution >= 0.6 is 0 Å². The van der Waals surface area contributed by atoms with Gasteiger partial charge in [0, 0.05) is 43.4 Å². The molecular formula is C25H25F4N3O4S. The lowest BCUT2D eigenvalue weighted by Gasteiger charge is -2.16. The van der Waals surface area contributed by atoms with Gasteiger partial charge in [-0.25, -0.2) is 17.6 Å². The van der Waals surface area contributed by atoms with Gasteiger partial charge in [0.1, 0.15) is 5.82 Å². The van der Waals surface area contributed by atoms with Crippen LogP contribution in [0.5, 0.6) is 0 Å². The number of alkyl halides is 3. The van der Waals surface area contributed by atoms with Crippen LogP contribution in [0.3, 0.4) is 0 Å². The molecule has 1 N–H and O–H groups in total. The third-order valence-electron chi connectivity index (χ3n) is 6.47. The van der Waals surface area contributed by atoms with Crippen molar-refractivity contribution in [2.24, 2.45) is 0 Å². The molecule has 3 aromatic rings. The molecule has 0 amide bonds. The SMILES string of the molecule is CC(C)n1cc(CN2CC3c4cc(-c5ccc(F)cc5)ccc4S(=O)(=O)C3C2)cn1.O=C(O)C(F)(F)F. The number of hydrogen-bond acceptors (Lipinski definition) is 5. The highest BCUT2D eigenvalue weighted by Gasteiger charge is 2.50. The summed E-state index contributed by atoms with van der Waals surface area (Å²) < 4.78 is 73.3. The number of hydrogen-bond donors (Lipinski definition) is 1. The summed E-state index contributed by atoms with van der Waals surface area (Å²) in [6.07, 6.45) is -1.18. The molecule has 1 fully saturated rings. The Bertz CT molecular complexity index is 1400. The minimum atomic E-state index is -5.08. The van der Waals surface area contributed by atoms with E-state index in [0.717, 1.165) is 22.3 Å². The maximum atomic E-state index is 13.3. The third-order valence-corrected chi connectivity index (χ3v) is 8.73. The quantitative estimate of drug-likeness (QED) is 0.485. The number of fused-ring (bicyclic) bond motifs is 3. The Morgan fingerprint density at radius 1 is 1.11 bits per heavy atom. The lowest BCUT2D eigenvalue weighted by molar-refractivity contribution is -0.192. The molecule has 2 atom stereocenters. The lowest BCUT2D eigenvalue weighted by Crippen LogP contribution is -2.25. The second kappa shape index (κ2) is 9.90. The average Bonchev–Trinajstić information content (AvgIpc) is 3.51. The molecule has 1 aromatic heterocycles. The summed E-state index contributed by atoms with van der Waals surface area (Å²) in [5.41, 5.74) is 3.79. The number of likely N-dealkylation sites (tertiary alicyclic amines) is 1. The highest BCUT2D eigenvalue weighted by atomic mass is 32.2. The first kappa shape index (κ1) is 26.8. The number of aromatic nitrogens is 2. The van der Waals surface area contributed by atoms with Crippen molar-refractivity contribution in [1.29, 1.82) is 0 Å². The summed E-state index contributed by atoms with van der Waals surface area (Å²) in [5, 5.41) is 11.1. The van der Waals surface area contributed by atoms with E-state index in [4.69, 9.17) is 9.90 Å². The van der Waals surface area contributed by atoms with Crippen LogP contribution in [-0.4, -0.2) is 58.7 Å². The van der Waals surface area contributed by atoms with Gasteiger partial charge >= 0.3 is 12.1 Å². The molecule has 0 bridgehead atoms. The molecule has 7 nitrogen and oxygen atoms in total. The smallest absolute Gasteiger partial charge is 0.475 e. The molecule has 2 unspecified atom stereocenters. The van der Waals surface area contributed by atoms with Crippen molar-refractivity contribution < 1.29 is 35.9 Å². The second-order valence-corrected chi connectivity index (χ2v) is 11.5. The Labute approximate surface area is 211 Å². The fourth-order valence-corrected chi connectivity index (χ4v) is 6.87. The summed E-state index contributed by atoms with van der Waals surface area (Å²) in [6, 6.07) is 12.1. The number of carboxylic acid groups (broad SMARTS) is 1. The maximum absolute atomic E-state index is 13.3. The zero-order valence-electron chi connectivity index (χ0n) is 20.0. The van der Waals surface area contributed by atoms with Crippen molar-refractivity contribution in [1.82, 2.24) is 14.7 Å². The molecule has 2 aliphatic heterocycles. The largest absolute Gasteiger partial charge is 0.490 e. The standard InChI is InChI=1S/C23H24FN3O2S.C2HF3O2/c1-15(2)27-12-16(10-25-27)11-26-13-21-20-9-18(17-3-6-19(24)7-4-17)5-8-22(20)30(28,29)23(21)14-26;3-2(4,5)1(6)7/h3-10,12,15,21,23H,11,13-14H2,1-2H3;(H,6,7). The molecule has 12 heteroatoms. The van der Waals surface area contributed by atoms with Crippen LogP contribution < -0.4 is 0 Å². The van der Waals surface area contributed by atoms with Gasteiger partial charge in [-0.05, 0) is 54.8 Å². The van der Waals surface area contributed by atoms with Crippen molar-refractivity contribution in [3.05, 3.63) is 71.8 Å². The van der Waals surface area contributed by atoms with Gasteiger partial charge in [-0.1, -0.05) is 18.2 Å². The number of rotatable bonds is 4. The van der Waals surface area contributed by atoms with Gasteiger partial charge in [0.05, 0.1) is 16.3 Å². The number of nitrogens with zero attached hydrogens (tertiary/aromatic N) is 3. The van der Waals surface area contributed by atoms with E-state index >= 15 is 0 Å². The molecule has 2 aliphatic rings. The van der Waals surface area contributed by atoms with Crippen LogP contribution in [0.4, 0.5) is 17.6 Å². The van der Waals surface area contributed by atoms with Crippen molar-refractivity contribution in [2.75, 3.05) is 13.1 Å². The molecule has 0 saturated carbocycles. The highest BCUT2D eigenvalue weighted by molar-refractivity contribution is 7.92. The molecule has 2 aromatic carbocycles. The van der Waals surface area contributed by atoms with Gasteiger partial charge in [0.25, 0.3) is 0 Å². The van der Waals surface area contributed by atoms with E-state index in [2.05, 4.69) is 23.8 Å². The van der Waals surface area contributed by atoms with Crippen LogP contribution in [0.2, 0.25) is 0 Å². The monoisotopic (exact) mass is 539 g/mol. The molecule has 198 valence electrons. The predicted molar refractivity (Wildman–Crippen MR) is 127 cm³/mol. The summed E-state index contributed by atoms with van der Waals surface area (Å²) in [4.78, 5) is 11.6. The van der Waals surface area contributed by atoms with Gasteiger partial charge in [-0.2, -0.15) is 18.3 Å². The van der Waals surface area contributed by atoms with Crippen molar-refractivity contribution in [3.8, 4) is 11.1 Å². The van der Waals surface area contributed by atoms with E-state index in [1.807, 2.05) is 29.2 Å². The van der Waals surface area contributed by atoms with Crippen LogP contribution in [0.15, 0.2) is 59.8 Å². The molecule has 37 heavy (non-hydrogen) atoms. The first-order valence-electron chi connectivity index (χ1n) is 11.5. The molecule has 0 aliphatic carbocycles. The van der Waals surface area contributed by atoms with Gasteiger partial charge in [-0.3, -0.25) is 9.58 Å². The molecule has 5 rings (SSSR count). The summed E-state index contributed by atoms with van der Waals surface area (Å²) in [7, 11) is -3.34. The third kappa shape index (κ3) is 5.54. The van der Waals surface area contributed by atoms with Crippen LogP contribution in [0, 0.1) is 5.82 Å². The Morgan fingerprint density at radius 2 is 1.73 bits per heavy atom. The van der Waals surface area contributed by atoms with Gasteiger partial charge in [0.2, 0.25) is 0 Å². The number of aliphatic carboxylic acids is 1. The van der Waals surface area contributed by atoms with Crippen molar-refractivity contribution >= 4 is 15.8 Å². The lowest BCUT2D eigenvalue weighted by atomic mass is 9.94. The van der Waals surface area contributed by atoms with E-state index in [1.54, 1.807) is 18.2 Å².